The lowest BCUT2D eigenvalue weighted by Gasteiger charge is -2.12. The summed E-state index contributed by atoms with van der Waals surface area (Å²) in [5.74, 6) is 0.333. The van der Waals surface area contributed by atoms with E-state index in [0.29, 0.717) is 12.1 Å². The SMILES string of the molecule is CCCS(=O)(=O)c1ccccc1Nc1nc(Cl)ncc1Cl. The minimum atomic E-state index is -3.37. The van der Waals surface area contributed by atoms with Crippen molar-refractivity contribution >= 4 is 44.5 Å². The van der Waals surface area contributed by atoms with Crippen LogP contribution in [0.15, 0.2) is 35.4 Å². The Morgan fingerprint density at radius 3 is 2.67 bits per heavy atom. The average Bonchev–Trinajstić information content (AvgIpc) is 2.43. The number of sulfone groups is 1. The summed E-state index contributed by atoms with van der Waals surface area (Å²) < 4.78 is 24.5. The third-order valence-corrected chi connectivity index (χ3v) is 5.09. The lowest BCUT2D eigenvalue weighted by Crippen LogP contribution is -2.09. The molecule has 1 aromatic carbocycles. The fraction of sp³-hybridized carbons (Fsp3) is 0.231. The van der Waals surface area contributed by atoms with Gasteiger partial charge in [0.05, 0.1) is 22.5 Å². The molecule has 1 aromatic heterocycles. The molecule has 0 atom stereocenters. The molecule has 5 nitrogen and oxygen atoms in total. The van der Waals surface area contributed by atoms with Gasteiger partial charge < -0.3 is 5.32 Å². The molecule has 0 bridgehead atoms. The van der Waals surface area contributed by atoms with Crippen LogP contribution in [0.5, 0.6) is 0 Å². The molecule has 0 amide bonds. The Bertz CT molecular complexity index is 751. The summed E-state index contributed by atoms with van der Waals surface area (Å²) >= 11 is 11.7. The van der Waals surface area contributed by atoms with Gasteiger partial charge in [-0.1, -0.05) is 30.7 Å². The largest absolute Gasteiger partial charge is 0.338 e. The molecule has 21 heavy (non-hydrogen) atoms. The first-order chi connectivity index (χ1) is 9.94. The van der Waals surface area contributed by atoms with Gasteiger partial charge in [0, 0.05) is 0 Å². The number of nitrogens with zero attached hydrogens (tertiary/aromatic N) is 2. The summed E-state index contributed by atoms with van der Waals surface area (Å²) in [6.45, 7) is 1.81. The van der Waals surface area contributed by atoms with Gasteiger partial charge in [0.2, 0.25) is 5.28 Å². The van der Waals surface area contributed by atoms with E-state index in [2.05, 4.69) is 15.3 Å². The van der Waals surface area contributed by atoms with Crippen LogP contribution < -0.4 is 5.32 Å². The zero-order valence-corrected chi connectivity index (χ0v) is 13.5. The van der Waals surface area contributed by atoms with Gasteiger partial charge in [-0.05, 0) is 30.2 Å². The van der Waals surface area contributed by atoms with Crippen LogP contribution in [-0.2, 0) is 9.84 Å². The van der Waals surface area contributed by atoms with Crippen LogP contribution in [0.3, 0.4) is 0 Å². The Balaban J connectivity index is 2.44. The highest BCUT2D eigenvalue weighted by Gasteiger charge is 2.18. The third kappa shape index (κ3) is 3.84. The maximum atomic E-state index is 12.3. The average molecular weight is 346 g/mol. The first-order valence-corrected chi connectivity index (χ1v) is 8.61. The van der Waals surface area contributed by atoms with Gasteiger partial charge >= 0.3 is 0 Å². The number of hydrogen-bond donors (Lipinski definition) is 1. The van der Waals surface area contributed by atoms with Gasteiger partial charge in [-0.2, -0.15) is 4.98 Å². The minimum absolute atomic E-state index is 0.0239. The van der Waals surface area contributed by atoms with E-state index in [0.717, 1.165) is 0 Å². The van der Waals surface area contributed by atoms with E-state index in [1.54, 1.807) is 24.3 Å². The molecule has 0 saturated carbocycles. The number of benzene rings is 1. The first-order valence-electron chi connectivity index (χ1n) is 6.21. The summed E-state index contributed by atoms with van der Waals surface area (Å²) in [5.41, 5.74) is 0.405. The molecule has 0 aliphatic carbocycles. The fourth-order valence-electron chi connectivity index (χ4n) is 1.78. The normalized spacial score (nSPS) is 11.4. The highest BCUT2D eigenvalue weighted by atomic mass is 35.5. The van der Waals surface area contributed by atoms with Crippen molar-refractivity contribution < 1.29 is 8.42 Å². The molecule has 1 N–H and O–H groups in total. The van der Waals surface area contributed by atoms with Crippen molar-refractivity contribution in [3.8, 4) is 0 Å². The number of nitrogens with one attached hydrogen (secondary N) is 1. The second-order valence-electron chi connectivity index (χ2n) is 4.28. The van der Waals surface area contributed by atoms with Gasteiger partial charge in [0.25, 0.3) is 0 Å². The van der Waals surface area contributed by atoms with E-state index in [1.807, 2.05) is 6.92 Å². The van der Waals surface area contributed by atoms with Gasteiger partial charge in [0.15, 0.2) is 15.7 Å². The van der Waals surface area contributed by atoms with Gasteiger partial charge in [-0.25, -0.2) is 13.4 Å². The van der Waals surface area contributed by atoms with Gasteiger partial charge in [-0.3, -0.25) is 0 Å². The second-order valence-corrected chi connectivity index (χ2v) is 7.10. The molecule has 0 saturated heterocycles. The molecule has 0 spiro atoms. The van der Waals surface area contributed by atoms with Crippen molar-refractivity contribution in [2.24, 2.45) is 0 Å². The summed E-state index contributed by atoms with van der Waals surface area (Å²) in [6.07, 6.45) is 1.89. The van der Waals surface area contributed by atoms with Gasteiger partial charge in [-0.15, -0.1) is 0 Å². The lowest BCUT2D eigenvalue weighted by molar-refractivity contribution is 0.595. The van der Waals surface area contributed by atoms with Gasteiger partial charge in [0.1, 0.15) is 5.02 Å². The monoisotopic (exact) mass is 345 g/mol. The van der Waals surface area contributed by atoms with Crippen LogP contribution in [0.4, 0.5) is 11.5 Å². The summed E-state index contributed by atoms with van der Waals surface area (Å²) in [7, 11) is -3.37. The molecule has 112 valence electrons. The standard InChI is InChI=1S/C13H13Cl2N3O2S/c1-2-7-21(19,20)11-6-4-3-5-10(11)17-12-9(14)8-16-13(15)18-12/h3-6,8H,2,7H2,1H3,(H,16,17,18). The molecule has 0 fully saturated rings. The third-order valence-electron chi connectivity index (χ3n) is 2.66. The number of rotatable bonds is 5. The molecule has 0 radical (unpaired) electrons. The molecule has 0 aliphatic rings. The van der Waals surface area contributed by atoms with E-state index in [1.165, 1.54) is 6.20 Å². The number of halogens is 2. The lowest BCUT2D eigenvalue weighted by atomic mass is 10.3. The topological polar surface area (TPSA) is 72.0 Å². The first kappa shape index (κ1) is 16.0. The molecule has 0 aliphatic heterocycles. The number of para-hydroxylation sites is 1. The molecular weight excluding hydrogens is 333 g/mol. The smallest absolute Gasteiger partial charge is 0.224 e. The van der Waals surface area contributed by atoms with Crippen LogP contribution in [0.1, 0.15) is 13.3 Å². The van der Waals surface area contributed by atoms with Crippen molar-refractivity contribution in [2.45, 2.75) is 18.2 Å². The van der Waals surface area contributed by atoms with E-state index in [-0.39, 0.29) is 26.8 Å². The highest BCUT2D eigenvalue weighted by molar-refractivity contribution is 7.91. The van der Waals surface area contributed by atoms with Crippen LogP contribution >= 0.6 is 23.2 Å². The van der Waals surface area contributed by atoms with Crippen molar-refractivity contribution in [3.63, 3.8) is 0 Å². The quantitative estimate of drug-likeness (QED) is 0.836. The highest BCUT2D eigenvalue weighted by Crippen LogP contribution is 2.28. The molecule has 8 heteroatoms. The molecule has 1 heterocycles. The Morgan fingerprint density at radius 1 is 1.24 bits per heavy atom. The zero-order valence-electron chi connectivity index (χ0n) is 11.2. The second kappa shape index (κ2) is 6.60. The predicted molar refractivity (Wildman–Crippen MR) is 84.1 cm³/mol. The maximum absolute atomic E-state index is 12.3. The predicted octanol–water partition coefficient (Wildman–Crippen LogP) is 3.71. The van der Waals surface area contributed by atoms with E-state index >= 15 is 0 Å². The number of hydrogen-bond acceptors (Lipinski definition) is 5. The Labute approximate surface area is 133 Å². The summed E-state index contributed by atoms with van der Waals surface area (Å²) in [6, 6.07) is 6.59. The maximum Gasteiger partial charge on any atom is 0.224 e. The number of anilines is 2. The van der Waals surface area contributed by atoms with Crippen molar-refractivity contribution in [1.82, 2.24) is 9.97 Å². The van der Waals surface area contributed by atoms with Crippen LogP contribution in [-0.4, -0.2) is 24.1 Å². The summed E-state index contributed by atoms with van der Waals surface area (Å²) in [4.78, 5) is 7.91. The Kier molecular flexibility index (Phi) is 5.03. The number of aromatic nitrogens is 2. The van der Waals surface area contributed by atoms with E-state index in [4.69, 9.17) is 23.2 Å². The summed E-state index contributed by atoms with van der Waals surface area (Å²) in [5, 5.41) is 3.18. The van der Waals surface area contributed by atoms with E-state index in [9.17, 15) is 8.42 Å². The molecule has 0 unspecified atom stereocenters. The van der Waals surface area contributed by atoms with Crippen molar-refractivity contribution in [3.05, 3.63) is 40.8 Å². The fourth-order valence-corrected chi connectivity index (χ4v) is 3.55. The van der Waals surface area contributed by atoms with E-state index < -0.39 is 9.84 Å². The molecule has 2 rings (SSSR count). The molecular formula is C13H13Cl2N3O2S. The Morgan fingerprint density at radius 2 is 1.95 bits per heavy atom. The van der Waals surface area contributed by atoms with Crippen LogP contribution in [0.2, 0.25) is 10.3 Å². The van der Waals surface area contributed by atoms with Crippen LogP contribution in [0.25, 0.3) is 0 Å². The minimum Gasteiger partial charge on any atom is -0.338 e. The zero-order chi connectivity index (χ0) is 15.5. The van der Waals surface area contributed by atoms with Crippen LogP contribution in [0, 0.1) is 0 Å². The Hall–Kier alpha value is -1.37. The van der Waals surface area contributed by atoms with Crippen molar-refractivity contribution in [2.75, 3.05) is 11.1 Å². The van der Waals surface area contributed by atoms with Crippen molar-refractivity contribution in [1.29, 1.82) is 0 Å². The molecule has 2 aromatic rings.